The fraction of sp³-hybridized carbons (Fsp3) is 0.824. The highest BCUT2D eigenvalue weighted by Gasteiger charge is 2.19. The Hall–Kier alpha value is -0.790. The molecule has 19 heavy (non-hydrogen) atoms. The molecule has 0 fully saturated rings. The molecule has 0 atom stereocenters. The average Bonchev–Trinajstić information content (AvgIpc) is 2.75. The lowest BCUT2D eigenvalue weighted by Gasteiger charge is -2.22. The van der Waals surface area contributed by atoms with Crippen molar-refractivity contribution in [3.8, 4) is 0 Å². The van der Waals surface area contributed by atoms with E-state index in [4.69, 9.17) is 0 Å². The molecule has 0 amide bonds. The van der Waals surface area contributed by atoms with Crippen molar-refractivity contribution >= 4 is 0 Å². The van der Waals surface area contributed by atoms with E-state index >= 15 is 0 Å². The molecule has 1 rings (SSSR count). The smallest absolute Gasteiger partial charge is 0.0652 e. The van der Waals surface area contributed by atoms with Gasteiger partial charge >= 0.3 is 0 Å². The van der Waals surface area contributed by atoms with Gasteiger partial charge in [-0.05, 0) is 23.8 Å². The van der Waals surface area contributed by atoms with Crippen LogP contribution < -0.4 is 0 Å². The molecule has 1 heterocycles. The number of hydrogen-bond acceptors (Lipinski definition) is 1. The van der Waals surface area contributed by atoms with E-state index in [2.05, 4.69) is 45.8 Å². The highest BCUT2D eigenvalue weighted by molar-refractivity contribution is 5.14. The summed E-state index contributed by atoms with van der Waals surface area (Å²) in [4.78, 5) is 0. The minimum Gasteiger partial charge on any atom is -0.272 e. The van der Waals surface area contributed by atoms with Crippen molar-refractivity contribution in [1.29, 1.82) is 0 Å². The van der Waals surface area contributed by atoms with Crippen LogP contribution in [0.25, 0.3) is 0 Å². The summed E-state index contributed by atoms with van der Waals surface area (Å²) in [6, 6.07) is 2.25. The largest absolute Gasteiger partial charge is 0.272 e. The van der Waals surface area contributed by atoms with Gasteiger partial charge in [0.1, 0.15) is 0 Å². The highest BCUT2D eigenvalue weighted by atomic mass is 15.3. The van der Waals surface area contributed by atoms with Crippen LogP contribution in [0.2, 0.25) is 0 Å². The molecule has 0 bridgehead atoms. The minimum atomic E-state index is 0.377. The Morgan fingerprint density at radius 2 is 1.63 bits per heavy atom. The Labute approximate surface area is 121 Å². The number of hydrogen-bond donors (Lipinski definition) is 0. The van der Waals surface area contributed by atoms with Gasteiger partial charge in [-0.3, -0.25) is 4.68 Å². The van der Waals surface area contributed by atoms with Crippen molar-refractivity contribution in [1.82, 2.24) is 9.78 Å². The van der Waals surface area contributed by atoms with Crippen LogP contribution in [0.5, 0.6) is 0 Å². The van der Waals surface area contributed by atoms with Crippen molar-refractivity contribution in [3.63, 3.8) is 0 Å². The first-order valence-electron chi connectivity index (χ1n) is 7.88. The van der Waals surface area contributed by atoms with Crippen molar-refractivity contribution in [2.45, 2.75) is 81.1 Å². The van der Waals surface area contributed by atoms with Crippen LogP contribution in [0.4, 0.5) is 0 Å². The number of nitrogens with zero attached hydrogens (tertiary/aromatic N) is 2. The Balaban J connectivity index is 0. The van der Waals surface area contributed by atoms with Gasteiger partial charge in [0.05, 0.1) is 5.69 Å². The SMILES string of the molecule is CC.CC.CCC(C)(C)Cc1cc(C(C)C)nn1C. The lowest BCUT2D eigenvalue weighted by atomic mass is 9.85. The van der Waals surface area contributed by atoms with Crippen molar-refractivity contribution in [2.24, 2.45) is 12.5 Å². The Kier molecular flexibility index (Phi) is 10.9. The molecule has 0 aliphatic carbocycles. The summed E-state index contributed by atoms with van der Waals surface area (Å²) in [5, 5.41) is 4.55. The van der Waals surface area contributed by atoms with Gasteiger partial charge in [0.2, 0.25) is 0 Å². The molecule has 0 saturated heterocycles. The maximum atomic E-state index is 4.55. The standard InChI is InChI=1S/C13H24N2.2C2H6/c1-7-13(4,5)9-11-8-12(10(2)3)14-15(11)6;2*1-2/h8,10H,7,9H2,1-6H3;2*1-2H3. The summed E-state index contributed by atoms with van der Waals surface area (Å²) in [5.74, 6) is 0.523. The van der Waals surface area contributed by atoms with Crippen LogP contribution in [0, 0.1) is 5.41 Å². The van der Waals surface area contributed by atoms with Gasteiger partial charge in [-0.1, -0.05) is 68.7 Å². The van der Waals surface area contributed by atoms with E-state index in [1.54, 1.807) is 0 Å². The highest BCUT2D eigenvalue weighted by Crippen LogP contribution is 2.26. The molecular formula is C17H36N2. The Bertz CT molecular complexity index is 322. The third-order valence-electron chi connectivity index (χ3n) is 3.20. The van der Waals surface area contributed by atoms with Crippen LogP contribution in [-0.4, -0.2) is 9.78 Å². The maximum Gasteiger partial charge on any atom is 0.0652 e. The average molecular weight is 268 g/mol. The van der Waals surface area contributed by atoms with Gasteiger partial charge in [0, 0.05) is 12.7 Å². The third-order valence-corrected chi connectivity index (χ3v) is 3.20. The Morgan fingerprint density at radius 3 is 1.95 bits per heavy atom. The minimum absolute atomic E-state index is 0.377. The van der Waals surface area contributed by atoms with Crippen molar-refractivity contribution in [2.75, 3.05) is 0 Å². The molecule has 0 unspecified atom stereocenters. The summed E-state index contributed by atoms with van der Waals surface area (Å²) < 4.78 is 2.03. The predicted octanol–water partition coefficient (Wildman–Crippen LogP) is 5.57. The van der Waals surface area contributed by atoms with Gasteiger partial charge in [-0.2, -0.15) is 5.10 Å². The molecular weight excluding hydrogens is 232 g/mol. The van der Waals surface area contributed by atoms with Crippen LogP contribution in [0.15, 0.2) is 6.07 Å². The fourth-order valence-corrected chi connectivity index (χ4v) is 1.59. The van der Waals surface area contributed by atoms with E-state index in [9.17, 15) is 0 Å². The fourth-order valence-electron chi connectivity index (χ4n) is 1.59. The zero-order valence-corrected chi connectivity index (χ0v) is 15.0. The zero-order chi connectivity index (χ0) is 15.6. The second-order valence-corrected chi connectivity index (χ2v) is 5.53. The summed E-state index contributed by atoms with van der Waals surface area (Å²) >= 11 is 0. The molecule has 0 spiro atoms. The normalized spacial score (nSPS) is 10.5. The van der Waals surface area contributed by atoms with Crippen LogP contribution in [0.3, 0.4) is 0 Å². The molecule has 2 heteroatoms. The molecule has 1 aromatic rings. The zero-order valence-electron chi connectivity index (χ0n) is 15.0. The molecule has 0 saturated carbocycles. The molecule has 0 aliphatic rings. The molecule has 0 aromatic carbocycles. The van der Waals surface area contributed by atoms with Crippen LogP contribution in [0.1, 0.15) is 86.0 Å². The van der Waals surface area contributed by atoms with Gasteiger partial charge in [-0.25, -0.2) is 0 Å². The van der Waals surface area contributed by atoms with Crippen LogP contribution in [-0.2, 0) is 13.5 Å². The van der Waals surface area contributed by atoms with Gasteiger partial charge in [0.25, 0.3) is 0 Å². The number of aryl methyl sites for hydroxylation is 1. The van der Waals surface area contributed by atoms with E-state index in [1.165, 1.54) is 17.8 Å². The predicted molar refractivity (Wildman–Crippen MR) is 87.8 cm³/mol. The first-order chi connectivity index (χ1) is 8.85. The molecule has 0 N–H and O–H groups in total. The summed E-state index contributed by atoms with van der Waals surface area (Å²) in [6.07, 6.45) is 2.31. The topological polar surface area (TPSA) is 17.8 Å². The third kappa shape index (κ3) is 7.39. The molecule has 1 aromatic heterocycles. The van der Waals surface area contributed by atoms with Crippen molar-refractivity contribution in [3.05, 3.63) is 17.5 Å². The second-order valence-electron chi connectivity index (χ2n) is 5.53. The monoisotopic (exact) mass is 268 g/mol. The van der Waals surface area contributed by atoms with Gasteiger partial charge in [-0.15, -0.1) is 0 Å². The first kappa shape index (κ1) is 20.5. The number of rotatable bonds is 4. The van der Waals surface area contributed by atoms with E-state index < -0.39 is 0 Å². The van der Waals surface area contributed by atoms with E-state index in [0.29, 0.717) is 11.3 Å². The number of aromatic nitrogens is 2. The van der Waals surface area contributed by atoms with E-state index in [0.717, 1.165) is 6.42 Å². The molecule has 114 valence electrons. The van der Waals surface area contributed by atoms with E-state index in [-0.39, 0.29) is 0 Å². The molecule has 0 aliphatic heterocycles. The molecule has 2 nitrogen and oxygen atoms in total. The van der Waals surface area contributed by atoms with E-state index in [1.807, 2.05) is 39.4 Å². The lowest BCUT2D eigenvalue weighted by Crippen LogP contribution is -2.15. The molecule has 0 radical (unpaired) electrons. The Morgan fingerprint density at radius 1 is 1.16 bits per heavy atom. The van der Waals surface area contributed by atoms with Crippen LogP contribution >= 0.6 is 0 Å². The van der Waals surface area contributed by atoms with Crippen molar-refractivity contribution < 1.29 is 0 Å². The van der Waals surface area contributed by atoms with Gasteiger partial charge < -0.3 is 0 Å². The van der Waals surface area contributed by atoms with Gasteiger partial charge in [0.15, 0.2) is 0 Å². The summed E-state index contributed by atoms with van der Waals surface area (Å²) in [7, 11) is 2.05. The summed E-state index contributed by atoms with van der Waals surface area (Å²) in [5.41, 5.74) is 2.94. The maximum absolute atomic E-state index is 4.55. The second kappa shape index (κ2) is 10.1. The summed E-state index contributed by atoms with van der Waals surface area (Å²) in [6.45, 7) is 19.3. The quantitative estimate of drug-likeness (QED) is 0.697. The lowest BCUT2D eigenvalue weighted by molar-refractivity contribution is 0.340. The first-order valence-corrected chi connectivity index (χ1v) is 7.88.